The summed E-state index contributed by atoms with van der Waals surface area (Å²) in [6.07, 6.45) is 2.42. The molecule has 4 rings (SSSR count). The Bertz CT molecular complexity index is 859. The normalized spacial score (nSPS) is 14.9. The first-order valence-corrected chi connectivity index (χ1v) is 7.83. The van der Waals surface area contributed by atoms with E-state index in [4.69, 9.17) is 21.3 Å². The minimum absolute atomic E-state index is 0.614. The van der Waals surface area contributed by atoms with E-state index in [-0.39, 0.29) is 0 Å². The highest BCUT2D eigenvalue weighted by molar-refractivity contribution is 6.31. The molecule has 1 aromatic carbocycles. The van der Waals surface area contributed by atoms with Crippen molar-refractivity contribution in [2.45, 2.75) is 12.8 Å². The lowest BCUT2D eigenvalue weighted by atomic mass is 10.1. The van der Waals surface area contributed by atoms with E-state index in [1.807, 2.05) is 30.3 Å². The van der Waals surface area contributed by atoms with Crippen LogP contribution in [0.15, 0.2) is 30.3 Å². The molecule has 0 unspecified atom stereocenters. The van der Waals surface area contributed by atoms with Crippen LogP contribution in [-0.2, 0) is 0 Å². The third-order valence-corrected chi connectivity index (χ3v) is 4.40. The maximum absolute atomic E-state index is 6.14. The van der Waals surface area contributed by atoms with Gasteiger partial charge in [0.2, 0.25) is 5.88 Å². The minimum atomic E-state index is 0.614. The largest absolute Gasteiger partial charge is 0.481 e. The molecule has 1 aliphatic rings. The van der Waals surface area contributed by atoms with Gasteiger partial charge in [-0.3, -0.25) is 0 Å². The molecule has 5 heteroatoms. The summed E-state index contributed by atoms with van der Waals surface area (Å²) >= 11 is 6.14. The van der Waals surface area contributed by atoms with Crippen molar-refractivity contribution in [2.75, 3.05) is 25.1 Å². The second-order valence-electron chi connectivity index (χ2n) is 5.54. The van der Waals surface area contributed by atoms with Crippen LogP contribution < -0.4 is 9.64 Å². The Morgan fingerprint density at radius 1 is 1.05 bits per heavy atom. The van der Waals surface area contributed by atoms with Crippen LogP contribution in [-0.4, -0.2) is 30.2 Å². The summed E-state index contributed by atoms with van der Waals surface area (Å²) in [5.41, 5.74) is 3.83. The fraction of sp³-hybridized carbons (Fsp3) is 0.294. The van der Waals surface area contributed by atoms with Crippen molar-refractivity contribution in [1.82, 2.24) is 9.97 Å². The summed E-state index contributed by atoms with van der Waals surface area (Å²) in [6, 6.07) is 9.68. The summed E-state index contributed by atoms with van der Waals surface area (Å²) in [4.78, 5) is 11.8. The summed E-state index contributed by atoms with van der Waals surface area (Å²) < 4.78 is 5.29. The van der Waals surface area contributed by atoms with Gasteiger partial charge in [0.05, 0.1) is 23.8 Å². The first kappa shape index (κ1) is 13.6. The van der Waals surface area contributed by atoms with Gasteiger partial charge in [-0.15, -0.1) is 0 Å². The van der Waals surface area contributed by atoms with E-state index in [1.165, 1.54) is 12.8 Å². The number of anilines is 1. The number of hydrogen-bond donors (Lipinski definition) is 0. The summed E-state index contributed by atoms with van der Waals surface area (Å²) in [7, 11) is 1.64. The van der Waals surface area contributed by atoms with E-state index >= 15 is 0 Å². The fourth-order valence-electron chi connectivity index (χ4n) is 3.13. The van der Waals surface area contributed by atoms with Crippen LogP contribution in [0.1, 0.15) is 12.8 Å². The van der Waals surface area contributed by atoms with E-state index < -0.39 is 0 Å². The molecule has 2 aromatic heterocycles. The lowest BCUT2D eigenvalue weighted by Crippen LogP contribution is -2.19. The van der Waals surface area contributed by atoms with Gasteiger partial charge in [0.1, 0.15) is 5.52 Å². The first-order chi connectivity index (χ1) is 10.8. The molecule has 0 amide bonds. The molecule has 1 fully saturated rings. The third kappa shape index (κ3) is 2.15. The lowest BCUT2D eigenvalue weighted by molar-refractivity contribution is 0.399. The van der Waals surface area contributed by atoms with Crippen LogP contribution >= 0.6 is 11.6 Å². The highest BCUT2D eigenvalue weighted by Gasteiger charge is 2.20. The Hall–Kier alpha value is -2.07. The number of fused-ring (bicyclic) bond motifs is 2. The van der Waals surface area contributed by atoms with Gasteiger partial charge < -0.3 is 9.64 Å². The van der Waals surface area contributed by atoms with E-state index in [1.54, 1.807) is 7.11 Å². The Morgan fingerprint density at radius 3 is 2.64 bits per heavy atom. The second-order valence-corrected chi connectivity index (χ2v) is 5.97. The topological polar surface area (TPSA) is 38.2 Å². The SMILES string of the molecule is COc1ccc2nc3cc(Cl)ccc3c(N3CCCC3)c2n1. The highest BCUT2D eigenvalue weighted by Crippen LogP contribution is 2.36. The number of pyridine rings is 2. The van der Waals surface area contributed by atoms with Gasteiger partial charge in [0.25, 0.3) is 0 Å². The molecule has 0 saturated carbocycles. The third-order valence-electron chi connectivity index (χ3n) is 4.16. The van der Waals surface area contributed by atoms with Crippen LogP contribution in [0.2, 0.25) is 5.02 Å². The highest BCUT2D eigenvalue weighted by atomic mass is 35.5. The summed E-state index contributed by atoms with van der Waals surface area (Å²) in [5, 5.41) is 1.80. The van der Waals surface area contributed by atoms with Gasteiger partial charge in [-0.2, -0.15) is 0 Å². The summed E-state index contributed by atoms with van der Waals surface area (Å²) in [6.45, 7) is 2.10. The van der Waals surface area contributed by atoms with Crippen LogP contribution in [0.5, 0.6) is 5.88 Å². The number of rotatable bonds is 2. The van der Waals surface area contributed by atoms with Gasteiger partial charge in [0, 0.05) is 29.6 Å². The van der Waals surface area contributed by atoms with Gasteiger partial charge in [-0.25, -0.2) is 9.97 Å². The van der Waals surface area contributed by atoms with E-state index in [2.05, 4.69) is 9.88 Å². The van der Waals surface area contributed by atoms with E-state index in [9.17, 15) is 0 Å². The van der Waals surface area contributed by atoms with Crippen LogP contribution in [0.3, 0.4) is 0 Å². The Balaban J connectivity index is 2.09. The van der Waals surface area contributed by atoms with Gasteiger partial charge >= 0.3 is 0 Å². The van der Waals surface area contributed by atoms with Crippen molar-refractivity contribution < 1.29 is 4.74 Å². The Labute approximate surface area is 133 Å². The number of halogens is 1. The molecule has 1 saturated heterocycles. The molecule has 4 nitrogen and oxygen atoms in total. The van der Waals surface area contributed by atoms with Crippen molar-refractivity contribution in [1.29, 1.82) is 0 Å². The maximum Gasteiger partial charge on any atom is 0.213 e. The Kier molecular flexibility index (Phi) is 3.26. The molecule has 0 radical (unpaired) electrons. The maximum atomic E-state index is 6.14. The van der Waals surface area contributed by atoms with Crippen molar-refractivity contribution in [2.24, 2.45) is 0 Å². The van der Waals surface area contributed by atoms with E-state index in [0.717, 1.165) is 40.7 Å². The molecular weight excluding hydrogens is 298 g/mol. The molecule has 3 heterocycles. The predicted octanol–water partition coefficient (Wildman–Crippen LogP) is 4.05. The molecule has 22 heavy (non-hydrogen) atoms. The standard InChI is InChI=1S/C17H16ClN3O/c1-22-15-7-6-13-16(20-15)17(21-8-2-3-9-21)12-5-4-11(18)10-14(12)19-13/h4-7,10H,2-3,8-9H2,1H3. The van der Waals surface area contributed by atoms with Crippen molar-refractivity contribution in [3.8, 4) is 5.88 Å². The molecule has 0 aliphatic carbocycles. The Morgan fingerprint density at radius 2 is 1.86 bits per heavy atom. The average Bonchev–Trinajstić information content (AvgIpc) is 3.06. The minimum Gasteiger partial charge on any atom is -0.481 e. The molecule has 0 spiro atoms. The van der Waals surface area contributed by atoms with Crippen LogP contribution in [0.25, 0.3) is 21.9 Å². The summed E-state index contributed by atoms with van der Waals surface area (Å²) in [5.74, 6) is 0.614. The lowest BCUT2D eigenvalue weighted by Gasteiger charge is -2.21. The van der Waals surface area contributed by atoms with Crippen molar-refractivity contribution >= 4 is 39.2 Å². The van der Waals surface area contributed by atoms with Gasteiger partial charge in [-0.05, 0) is 37.1 Å². The smallest absolute Gasteiger partial charge is 0.213 e. The van der Waals surface area contributed by atoms with Crippen LogP contribution in [0.4, 0.5) is 5.69 Å². The zero-order valence-corrected chi connectivity index (χ0v) is 13.1. The molecule has 3 aromatic rings. The quantitative estimate of drug-likeness (QED) is 0.669. The number of hydrogen-bond acceptors (Lipinski definition) is 4. The van der Waals surface area contributed by atoms with Crippen molar-refractivity contribution in [3.05, 3.63) is 35.4 Å². The fourth-order valence-corrected chi connectivity index (χ4v) is 3.29. The van der Waals surface area contributed by atoms with Crippen LogP contribution in [0, 0.1) is 0 Å². The van der Waals surface area contributed by atoms with Gasteiger partial charge in [0.15, 0.2) is 0 Å². The van der Waals surface area contributed by atoms with Gasteiger partial charge in [-0.1, -0.05) is 11.6 Å². The van der Waals surface area contributed by atoms with Crippen molar-refractivity contribution in [3.63, 3.8) is 0 Å². The molecule has 0 N–H and O–H groups in total. The molecule has 1 aliphatic heterocycles. The predicted molar refractivity (Wildman–Crippen MR) is 90.1 cm³/mol. The number of aromatic nitrogens is 2. The number of ether oxygens (including phenoxy) is 1. The molecule has 112 valence electrons. The first-order valence-electron chi connectivity index (χ1n) is 7.45. The number of benzene rings is 1. The monoisotopic (exact) mass is 313 g/mol. The zero-order chi connectivity index (χ0) is 15.1. The van der Waals surface area contributed by atoms with E-state index in [0.29, 0.717) is 10.9 Å². The number of methoxy groups -OCH3 is 1. The zero-order valence-electron chi connectivity index (χ0n) is 12.3. The molecule has 0 atom stereocenters. The molecule has 0 bridgehead atoms. The number of nitrogens with zero attached hydrogens (tertiary/aromatic N) is 3. The molecular formula is C17H16ClN3O. The average molecular weight is 314 g/mol. The second kappa shape index (κ2) is 5.29.